The third-order valence-electron chi connectivity index (χ3n) is 3.08. The number of aromatic nitrogens is 2. The molecule has 0 radical (unpaired) electrons. The number of nitro groups is 1. The van der Waals surface area contributed by atoms with Gasteiger partial charge in [-0.15, -0.1) is 0 Å². The van der Waals surface area contributed by atoms with Crippen LogP contribution in [0.25, 0.3) is 5.69 Å². The van der Waals surface area contributed by atoms with Crippen molar-refractivity contribution in [2.75, 3.05) is 0 Å². The third-order valence-corrected chi connectivity index (χ3v) is 3.08. The molecule has 1 aromatic heterocycles. The standard InChI is InChI=1S/C13H4F6N4O3/c14-12(15,16)7-1-6(4-20)11(8(2-7)23(25)26)22-5-21-9(3-10(22)24)13(17,18)19/h1-3,5H. The third kappa shape index (κ3) is 3.48. The van der Waals surface area contributed by atoms with Crippen molar-refractivity contribution in [2.45, 2.75) is 12.4 Å². The first-order chi connectivity index (χ1) is 11.9. The van der Waals surface area contributed by atoms with Crippen LogP contribution in [0.15, 0.2) is 29.3 Å². The predicted molar refractivity (Wildman–Crippen MR) is 71.2 cm³/mol. The smallest absolute Gasteiger partial charge is 0.269 e. The molecule has 2 rings (SSSR count). The molecule has 0 spiro atoms. The monoisotopic (exact) mass is 378 g/mol. The Kier molecular flexibility index (Phi) is 4.46. The van der Waals surface area contributed by atoms with Crippen LogP contribution < -0.4 is 5.56 Å². The van der Waals surface area contributed by atoms with Gasteiger partial charge in [-0.2, -0.15) is 31.6 Å². The van der Waals surface area contributed by atoms with Gasteiger partial charge in [0.2, 0.25) is 0 Å². The van der Waals surface area contributed by atoms with Crippen LogP contribution in [0.2, 0.25) is 0 Å². The van der Waals surface area contributed by atoms with E-state index in [0.29, 0.717) is 0 Å². The van der Waals surface area contributed by atoms with Crippen LogP contribution in [-0.4, -0.2) is 14.5 Å². The van der Waals surface area contributed by atoms with E-state index in [4.69, 9.17) is 5.26 Å². The molecule has 26 heavy (non-hydrogen) atoms. The lowest BCUT2D eigenvalue weighted by atomic mass is 10.1. The Bertz CT molecular complexity index is 987. The van der Waals surface area contributed by atoms with E-state index in [-0.39, 0.29) is 29.1 Å². The summed E-state index contributed by atoms with van der Waals surface area (Å²) in [6.07, 6.45) is -9.76. The molecular weight excluding hydrogens is 374 g/mol. The number of hydrogen-bond acceptors (Lipinski definition) is 5. The number of nitriles is 1. The highest BCUT2D eigenvalue weighted by Crippen LogP contribution is 2.36. The molecule has 1 aromatic carbocycles. The molecule has 0 saturated heterocycles. The highest BCUT2D eigenvalue weighted by molar-refractivity contribution is 5.64. The van der Waals surface area contributed by atoms with Crippen molar-refractivity contribution in [1.29, 1.82) is 5.26 Å². The largest absolute Gasteiger partial charge is 0.433 e. The first kappa shape index (κ1) is 18.9. The van der Waals surface area contributed by atoms with E-state index >= 15 is 0 Å². The Hall–Kier alpha value is -3.43. The average Bonchev–Trinajstić information content (AvgIpc) is 2.51. The second-order valence-electron chi connectivity index (χ2n) is 4.74. The lowest BCUT2D eigenvalue weighted by molar-refractivity contribution is -0.384. The Morgan fingerprint density at radius 2 is 1.73 bits per heavy atom. The van der Waals surface area contributed by atoms with Gasteiger partial charge in [-0.3, -0.25) is 19.5 Å². The van der Waals surface area contributed by atoms with Crippen molar-refractivity contribution in [3.63, 3.8) is 0 Å². The van der Waals surface area contributed by atoms with Gasteiger partial charge in [0.15, 0.2) is 5.69 Å². The van der Waals surface area contributed by atoms with Gasteiger partial charge in [0.05, 0.1) is 16.1 Å². The summed E-state index contributed by atoms with van der Waals surface area (Å²) in [5, 5.41) is 20.1. The molecule has 0 atom stereocenters. The fourth-order valence-corrected chi connectivity index (χ4v) is 1.98. The molecule has 0 bridgehead atoms. The maximum absolute atomic E-state index is 12.8. The van der Waals surface area contributed by atoms with E-state index in [1.165, 1.54) is 6.07 Å². The molecule has 0 saturated carbocycles. The zero-order valence-corrected chi connectivity index (χ0v) is 12.1. The van der Waals surface area contributed by atoms with Gasteiger partial charge in [-0.1, -0.05) is 0 Å². The van der Waals surface area contributed by atoms with Crippen LogP contribution in [0.4, 0.5) is 32.0 Å². The number of rotatable bonds is 2. The number of nitrogens with zero attached hydrogens (tertiary/aromatic N) is 4. The van der Waals surface area contributed by atoms with Crippen molar-refractivity contribution in [3.05, 3.63) is 61.8 Å². The van der Waals surface area contributed by atoms with Crippen molar-refractivity contribution in [3.8, 4) is 11.8 Å². The summed E-state index contributed by atoms with van der Waals surface area (Å²) in [4.78, 5) is 24.6. The Labute approximate surface area is 138 Å². The van der Waals surface area contributed by atoms with E-state index in [1.807, 2.05) is 0 Å². The van der Waals surface area contributed by atoms with Crippen molar-refractivity contribution < 1.29 is 31.3 Å². The van der Waals surface area contributed by atoms with Crippen LogP contribution in [0.1, 0.15) is 16.8 Å². The van der Waals surface area contributed by atoms with Crippen LogP contribution in [0, 0.1) is 21.4 Å². The second-order valence-corrected chi connectivity index (χ2v) is 4.74. The summed E-state index contributed by atoms with van der Waals surface area (Å²) in [5.41, 5.74) is -7.75. The Balaban J connectivity index is 2.84. The van der Waals surface area contributed by atoms with Crippen molar-refractivity contribution in [1.82, 2.24) is 9.55 Å². The summed E-state index contributed by atoms with van der Waals surface area (Å²) in [6.45, 7) is 0. The number of halogens is 6. The average molecular weight is 378 g/mol. The van der Waals surface area contributed by atoms with Crippen LogP contribution >= 0.6 is 0 Å². The maximum atomic E-state index is 12.8. The minimum absolute atomic E-state index is 0.00253. The van der Waals surface area contributed by atoms with Gasteiger partial charge in [0.1, 0.15) is 18.1 Å². The van der Waals surface area contributed by atoms with Crippen LogP contribution in [0.3, 0.4) is 0 Å². The molecule has 136 valence electrons. The predicted octanol–water partition coefficient (Wildman–Crippen LogP) is 3.05. The number of benzene rings is 1. The zero-order valence-electron chi connectivity index (χ0n) is 12.1. The first-order valence-corrected chi connectivity index (χ1v) is 6.32. The molecule has 0 aliphatic heterocycles. The van der Waals surface area contributed by atoms with Gasteiger partial charge in [0, 0.05) is 12.1 Å². The summed E-state index contributed by atoms with van der Waals surface area (Å²) < 4.78 is 76.3. The SMILES string of the molecule is N#Cc1cc(C(F)(F)F)cc([N+](=O)[O-])c1-n1cnc(C(F)(F)F)cc1=O. The van der Waals surface area contributed by atoms with Crippen LogP contribution in [-0.2, 0) is 12.4 Å². The molecule has 7 nitrogen and oxygen atoms in total. The van der Waals surface area contributed by atoms with E-state index < -0.39 is 51.0 Å². The molecule has 13 heteroatoms. The number of hydrogen-bond donors (Lipinski definition) is 0. The molecule has 0 aliphatic carbocycles. The van der Waals surface area contributed by atoms with Gasteiger partial charge < -0.3 is 0 Å². The first-order valence-electron chi connectivity index (χ1n) is 6.32. The fourth-order valence-electron chi connectivity index (χ4n) is 1.98. The van der Waals surface area contributed by atoms with Gasteiger partial charge in [-0.05, 0) is 6.07 Å². The van der Waals surface area contributed by atoms with Gasteiger partial charge >= 0.3 is 12.4 Å². The molecule has 0 N–H and O–H groups in total. The van der Waals surface area contributed by atoms with E-state index in [9.17, 15) is 41.3 Å². The minimum Gasteiger partial charge on any atom is -0.269 e. The maximum Gasteiger partial charge on any atom is 0.433 e. The zero-order chi connectivity index (χ0) is 19.9. The van der Waals surface area contributed by atoms with E-state index in [1.54, 1.807) is 0 Å². The van der Waals surface area contributed by atoms with Gasteiger partial charge in [-0.25, -0.2) is 4.98 Å². The van der Waals surface area contributed by atoms with E-state index in [0.717, 1.165) is 0 Å². The minimum atomic E-state index is -5.03. The Morgan fingerprint density at radius 3 is 2.15 bits per heavy atom. The topological polar surface area (TPSA) is 102 Å². The normalized spacial score (nSPS) is 11.9. The fraction of sp³-hybridized carbons (Fsp3) is 0.154. The Morgan fingerprint density at radius 1 is 1.12 bits per heavy atom. The highest BCUT2D eigenvalue weighted by atomic mass is 19.4. The lowest BCUT2D eigenvalue weighted by Crippen LogP contribution is -2.24. The molecular formula is C13H4F6N4O3. The molecule has 0 unspecified atom stereocenters. The number of nitro benzene ring substituents is 1. The molecule has 1 heterocycles. The lowest BCUT2D eigenvalue weighted by Gasteiger charge is -2.13. The number of alkyl halides is 6. The van der Waals surface area contributed by atoms with Crippen molar-refractivity contribution >= 4 is 5.69 Å². The quantitative estimate of drug-likeness (QED) is 0.454. The molecule has 0 aliphatic rings. The molecule has 2 aromatic rings. The summed E-state index contributed by atoms with van der Waals surface area (Å²) in [7, 11) is 0. The van der Waals surface area contributed by atoms with E-state index in [2.05, 4.69) is 4.98 Å². The summed E-state index contributed by atoms with van der Waals surface area (Å²) in [6, 6.07) is 1.57. The summed E-state index contributed by atoms with van der Waals surface area (Å²) >= 11 is 0. The molecule has 0 fully saturated rings. The summed E-state index contributed by atoms with van der Waals surface area (Å²) in [5.74, 6) is 0. The van der Waals surface area contributed by atoms with Crippen molar-refractivity contribution in [2.24, 2.45) is 0 Å². The molecule has 0 amide bonds. The second kappa shape index (κ2) is 6.14. The van der Waals surface area contributed by atoms with Crippen LogP contribution in [0.5, 0.6) is 0 Å². The highest BCUT2D eigenvalue weighted by Gasteiger charge is 2.36. The van der Waals surface area contributed by atoms with Gasteiger partial charge in [0.25, 0.3) is 11.2 Å².